The van der Waals surface area contributed by atoms with Crippen molar-refractivity contribution in [3.05, 3.63) is 35.4 Å². The second kappa shape index (κ2) is 5.66. The molecule has 2 unspecified atom stereocenters. The zero-order valence-electron chi connectivity index (χ0n) is 10.2. The topological polar surface area (TPSA) is 55.1 Å². The van der Waals surface area contributed by atoms with Crippen molar-refractivity contribution in [3.8, 4) is 0 Å². The van der Waals surface area contributed by atoms with Gasteiger partial charge in [-0.1, -0.05) is 36.8 Å². The largest absolute Gasteiger partial charge is 0.352 e. The minimum atomic E-state index is -0.574. The van der Waals surface area contributed by atoms with Crippen molar-refractivity contribution < 1.29 is 4.79 Å². The van der Waals surface area contributed by atoms with Crippen LogP contribution in [0.1, 0.15) is 37.4 Å². The number of carbonyl (C=O) groups is 1. The van der Waals surface area contributed by atoms with Gasteiger partial charge in [0.1, 0.15) is 6.04 Å². The van der Waals surface area contributed by atoms with Gasteiger partial charge in [0, 0.05) is 6.04 Å². The molecule has 0 fully saturated rings. The van der Waals surface area contributed by atoms with Crippen LogP contribution in [0.4, 0.5) is 0 Å². The molecular formula is C13H20N2O. The van der Waals surface area contributed by atoms with Crippen LogP contribution in [0.15, 0.2) is 24.3 Å². The molecule has 0 saturated carbocycles. The lowest BCUT2D eigenvalue weighted by Crippen LogP contribution is -2.39. The Kier molecular flexibility index (Phi) is 4.50. The summed E-state index contributed by atoms with van der Waals surface area (Å²) < 4.78 is 0. The number of hydrogen-bond donors (Lipinski definition) is 2. The lowest BCUT2D eigenvalue weighted by molar-refractivity contribution is -0.123. The van der Waals surface area contributed by atoms with Gasteiger partial charge in [-0.3, -0.25) is 4.79 Å². The number of hydrogen-bond acceptors (Lipinski definition) is 2. The molecule has 0 aromatic heterocycles. The molecule has 0 saturated heterocycles. The van der Waals surface area contributed by atoms with Crippen molar-refractivity contribution in [2.75, 3.05) is 0 Å². The van der Waals surface area contributed by atoms with Gasteiger partial charge in [-0.25, -0.2) is 0 Å². The van der Waals surface area contributed by atoms with E-state index in [0.29, 0.717) is 0 Å². The highest BCUT2D eigenvalue weighted by atomic mass is 16.2. The lowest BCUT2D eigenvalue weighted by Gasteiger charge is -2.16. The maximum atomic E-state index is 11.8. The summed E-state index contributed by atoms with van der Waals surface area (Å²) in [5, 5.41) is 2.88. The van der Waals surface area contributed by atoms with Crippen LogP contribution in [0.25, 0.3) is 0 Å². The predicted octanol–water partition coefficient (Wildman–Crippen LogP) is 1.91. The molecule has 0 aliphatic heterocycles. The zero-order valence-corrected chi connectivity index (χ0v) is 10.2. The summed E-state index contributed by atoms with van der Waals surface area (Å²) in [6.45, 7) is 6.01. The van der Waals surface area contributed by atoms with E-state index in [1.165, 1.54) is 5.56 Å². The highest BCUT2D eigenvalue weighted by Gasteiger charge is 2.16. The molecule has 2 atom stereocenters. The molecule has 88 valence electrons. The zero-order chi connectivity index (χ0) is 12.1. The van der Waals surface area contributed by atoms with Crippen LogP contribution in [-0.4, -0.2) is 11.9 Å². The van der Waals surface area contributed by atoms with Crippen molar-refractivity contribution in [1.82, 2.24) is 5.32 Å². The SMILES string of the molecule is CCC(C)NC(=O)C(N)c1ccc(C)cc1. The quantitative estimate of drug-likeness (QED) is 0.814. The Morgan fingerprint density at radius 1 is 1.38 bits per heavy atom. The standard InChI is InChI=1S/C13H20N2O/c1-4-10(3)15-13(16)12(14)11-7-5-9(2)6-8-11/h5-8,10,12H,4,14H2,1-3H3,(H,15,16). The molecule has 0 spiro atoms. The van der Waals surface area contributed by atoms with Crippen LogP contribution in [0.3, 0.4) is 0 Å². The Morgan fingerprint density at radius 2 is 1.94 bits per heavy atom. The van der Waals surface area contributed by atoms with E-state index in [1.54, 1.807) is 0 Å². The highest BCUT2D eigenvalue weighted by molar-refractivity contribution is 5.83. The molecule has 1 amide bonds. The van der Waals surface area contributed by atoms with Gasteiger partial charge in [0.15, 0.2) is 0 Å². The van der Waals surface area contributed by atoms with Crippen LogP contribution < -0.4 is 11.1 Å². The summed E-state index contributed by atoms with van der Waals surface area (Å²) in [4.78, 5) is 11.8. The summed E-state index contributed by atoms with van der Waals surface area (Å²) in [5.41, 5.74) is 7.90. The Bertz CT molecular complexity index is 345. The maximum absolute atomic E-state index is 11.8. The van der Waals surface area contributed by atoms with Crippen LogP contribution in [0, 0.1) is 6.92 Å². The molecule has 0 bridgehead atoms. The molecule has 3 heteroatoms. The smallest absolute Gasteiger partial charge is 0.241 e. The van der Waals surface area contributed by atoms with E-state index >= 15 is 0 Å². The minimum absolute atomic E-state index is 0.113. The fourth-order valence-corrected chi connectivity index (χ4v) is 1.36. The monoisotopic (exact) mass is 220 g/mol. The first-order valence-electron chi connectivity index (χ1n) is 5.67. The van der Waals surface area contributed by atoms with E-state index < -0.39 is 6.04 Å². The Balaban J connectivity index is 2.66. The second-order valence-electron chi connectivity index (χ2n) is 4.21. The molecule has 0 radical (unpaired) electrons. The molecule has 1 rings (SSSR count). The number of amides is 1. The van der Waals surface area contributed by atoms with E-state index in [4.69, 9.17) is 5.73 Å². The summed E-state index contributed by atoms with van der Waals surface area (Å²) in [6.07, 6.45) is 0.909. The van der Waals surface area contributed by atoms with Crippen molar-refractivity contribution >= 4 is 5.91 Å². The molecule has 0 aliphatic carbocycles. The third-order valence-electron chi connectivity index (χ3n) is 2.72. The van der Waals surface area contributed by atoms with Gasteiger partial charge in [0.05, 0.1) is 0 Å². The van der Waals surface area contributed by atoms with Gasteiger partial charge in [0.25, 0.3) is 0 Å². The fourth-order valence-electron chi connectivity index (χ4n) is 1.36. The molecule has 1 aromatic carbocycles. The first-order chi connectivity index (χ1) is 7.54. The van der Waals surface area contributed by atoms with Crippen LogP contribution in [0.5, 0.6) is 0 Å². The first-order valence-corrected chi connectivity index (χ1v) is 5.67. The molecule has 0 aliphatic rings. The lowest BCUT2D eigenvalue weighted by atomic mass is 10.0. The van der Waals surface area contributed by atoms with Crippen LogP contribution in [-0.2, 0) is 4.79 Å². The third-order valence-corrected chi connectivity index (χ3v) is 2.72. The van der Waals surface area contributed by atoms with E-state index in [1.807, 2.05) is 45.0 Å². The van der Waals surface area contributed by atoms with E-state index in [-0.39, 0.29) is 11.9 Å². The summed E-state index contributed by atoms with van der Waals surface area (Å²) >= 11 is 0. The van der Waals surface area contributed by atoms with Crippen molar-refractivity contribution in [3.63, 3.8) is 0 Å². The molecule has 3 N–H and O–H groups in total. The van der Waals surface area contributed by atoms with Crippen molar-refractivity contribution in [2.24, 2.45) is 5.73 Å². The van der Waals surface area contributed by atoms with Crippen LogP contribution in [0.2, 0.25) is 0 Å². The van der Waals surface area contributed by atoms with Gasteiger partial charge < -0.3 is 11.1 Å². The normalized spacial score (nSPS) is 14.2. The average Bonchev–Trinajstić information content (AvgIpc) is 2.28. The van der Waals surface area contributed by atoms with Crippen LogP contribution >= 0.6 is 0 Å². The number of nitrogens with one attached hydrogen (secondary N) is 1. The predicted molar refractivity (Wildman–Crippen MR) is 66.0 cm³/mol. The van der Waals surface area contributed by atoms with Gasteiger partial charge in [-0.2, -0.15) is 0 Å². The van der Waals surface area contributed by atoms with Gasteiger partial charge in [0.2, 0.25) is 5.91 Å². The van der Waals surface area contributed by atoms with E-state index in [2.05, 4.69) is 5.32 Å². The third kappa shape index (κ3) is 3.35. The number of rotatable bonds is 4. The minimum Gasteiger partial charge on any atom is -0.352 e. The first kappa shape index (κ1) is 12.7. The van der Waals surface area contributed by atoms with Gasteiger partial charge >= 0.3 is 0 Å². The van der Waals surface area contributed by atoms with Crippen molar-refractivity contribution in [2.45, 2.75) is 39.3 Å². The summed E-state index contributed by atoms with van der Waals surface area (Å²) in [7, 11) is 0. The molecule has 0 heterocycles. The van der Waals surface area contributed by atoms with Gasteiger partial charge in [-0.05, 0) is 25.8 Å². The summed E-state index contributed by atoms with van der Waals surface area (Å²) in [5.74, 6) is -0.113. The number of benzene rings is 1. The van der Waals surface area contributed by atoms with E-state index in [9.17, 15) is 4.79 Å². The molecule has 3 nitrogen and oxygen atoms in total. The number of nitrogens with two attached hydrogens (primary N) is 1. The Labute approximate surface area is 97.0 Å². The number of aryl methyl sites for hydroxylation is 1. The number of carbonyl (C=O) groups excluding carboxylic acids is 1. The summed E-state index contributed by atoms with van der Waals surface area (Å²) in [6, 6.07) is 7.32. The molecule has 16 heavy (non-hydrogen) atoms. The van der Waals surface area contributed by atoms with Gasteiger partial charge in [-0.15, -0.1) is 0 Å². The van der Waals surface area contributed by atoms with E-state index in [0.717, 1.165) is 12.0 Å². The molecular weight excluding hydrogens is 200 g/mol. The van der Waals surface area contributed by atoms with Crippen molar-refractivity contribution in [1.29, 1.82) is 0 Å². The second-order valence-corrected chi connectivity index (χ2v) is 4.21. The molecule has 1 aromatic rings. The fraction of sp³-hybridized carbons (Fsp3) is 0.462. The Morgan fingerprint density at radius 3 is 2.44 bits per heavy atom. The Hall–Kier alpha value is -1.35. The average molecular weight is 220 g/mol. The highest BCUT2D eigenvalue weighted by Crippen LogP contribution is 2.11. The maximum Gasteiger partial charge on any atom is 0.241 e.